The molecule has 1 aromatic carbocycles. The van der Waals surface area contributed by atoms with Gasteiger partial charge in [0.2, 0.25) is 10.0 Å². The molecule has 2 heterocycles. The van der Waals surface area contributed by atoms with E-state index in [2.05, 4.69) is 5.32 Å². The summed E-state index contributed by atoms with van der Waals surface area (Å²) >= 11 is 0. The van der Waals surface area contributed by atoms with Crippen LogP contribution in [0.1, 0.15) is 55.5 Å². The van der Waals surface area contributed by atoms with Crippen LogP contribution < -0.4 is 9.62 Å². The van der Waals surface area contributed by atoms with E-state index in [0.717, 1.165) is 29.7 Å². The van der Waals surface area contributed by atoms with Crippen LogP contribution in [0.25, 0.3) is 0 Å². The number of amides is 3. The van der Waals surface area contributed by atoms with Crippen molar-refractivity contribution in [3.63, 3.8) is 0 Å². The van der Waals surface area contributed by atoms with Gasteiger partial charge in [-0.1, -0.05) is 19.8 Å². The van der Waals surface area contributed by atoms with Gasteiger partial charge >= 0.3 is 6.03 Å². The molecule has 2 aliphatic heterocycles. The molecule has 3 amide bonds. The molecule has 1 saturated heterocycles. The van der Waals surface area contributed by atoms with Crippen LogP contribution in [0.4, 0.5) is 10.5 Å². The molecule has 9 heteroatoms. The van der Waals surface area contributed by atoms with Crippen LogP contribution in [0.3, 0.4) is 0 Å². The summed E-state index contributed by atoms with van der Waals surface area (Å²) in [5.41, 5.74) is 0.872. The number of ketones is 1. The number of carbonyl (C=O) groups excluding carboxylic acids is 3. The second-order valence-corrected chi connectivity index (χ2v) is 10.6. The standard InChI is InChI=1S/C21H27N3O5S/c1-3-30(28,29)24-11-9-15-12-16(7-8-17(15)24)18(25)13-23-19(26)21(22-20(23)27)10-5-4-6-14(21)2/h7-8,12,14H,3-6,9-11,13H2,1-2H3,(H,22,27)/t14-,21-/m1/s1. The van der Waals surface area contributed by atoms with Crippen LogP contribution >= 0.6 is 0 Å². The molecule has 1 aliphatic carbocycles. The Morgan fingerprint density at radius 2 is 2.03 bits per heavy atom. The number of hydrogen-bond donors (Lipinski definition) is 1. The molecule has 2 fully saturated rings. The molecular weight excluding hydrogens is 406 g/mol. The number of fused-ring (bicyclic) bond motifs is 1. The lowest BCUT2D eigenvalue weighted by atomic mass is 9.73. The smallest absolute Gasteiger partial charge is 0.323 e. The highest BCUT2D eigenvalue weighted by atomic mass is 32.2. The van der Waals surface area contributed by atoms with Crippen molar-refractivity contribution in [2.24, 2.45) is 5.92 Å². The van der Waals surface area contributed by atoms with Crippen LogP contribution in [0.2, 0.25) is 0 Å². The van der Waals surface area contributed by atoms with Crippen molar-refractivity contribution in [2.75, 3.05) is 23.1 Å². The van der Waals surface area contributed by atoms with Gasteiger partial charge in [0.15, 0.2) is 5.78 Å². The highest BCUT2D eigenvalue weighted by molar-refractivity contribution is 7.92. The van der Waals surface area contributed by atoms with E-state index in [1.165, 1.54) is 4.31 Å². The Balaban J connectivity index is 1.53. The van der Waals surface area contributed by atoms with E-state index in [9.17, 15) is 22.8 Å². The molecule has 0 radical (unpaired) electrons. The van der Waals surface area contributed by atoms with Gasteiger partial charge < -0.3 is 5.32 Å². The molecule has 1 N–H and O–H groups in total. The molecule has 3 aliphatic rings. The maximum atomic E-state index is 13.1. The first-order valence-corrected chi connectivity index (χ1v) is 12.1. The molecule has 1 spiro atoms. The first kappa shape index (κ1) is 20.8. The Labute approximate surface area is 176 Å². The van der Waals surface area contributed by atoms with Crippen molar-refractivity contribution < 1.29 is 22.8 Å². The number of benzene rings is 1. The van der Waals surface area contributed by atoms with Gasteiger partial charge in [-0.15, -0.1) is 0 Å². The fraction of sp³-hybridized carbons (Fsp3) is 0.571. The van der Waals surface area contributed by atoms with E-state index in [0.29, 0.717) is 30.6 Å². The van der Waals surface area contributed by atoms with Crippen LogP contribution in [-0.2, 0) is 21.2 Å². The molecular formula is C21H27N3O5S. The minimum Gasteiger partial charge on any atom is -0.323 e. The Morgan fingerprint density at radius 3 is 2.73 bits per heavy atom. The lowest BCUT2D eigenvalue weighted by Gasteiger charge is -2.36. The first-order chi connectivity index (χ1) is 14.2. The van der Waals surface area contributed by atoms with Crippen LogP contribution in [0.15, 0.2) is 18.2 Å². The average molecular weight is 434 g/mol. The molecule has 162 valence electrons. The zero-order valence-corrected chi connectivity index (χ0v) is 18.1. The fourth-order valence-corrected chi connectivity index (χ4v) is 6.02. The van der Waals surface area contributed by atoms with E-state index in [1.807, 2.05) is 6.92 Å². The average Bonchev–Trinajstić information content (AvgIpc) is 3.25. The topological polar surface area (TPSA) is 104 Å². The summed E-state index contributed by atoms with van der Waals surface area (Å²) in [7, 11) is -3.36. The molecule has 1 aromatic rings. The molecule has 2 atom stereocenters. The Hall–Kier alpha value is -2.42. The number of carbonyl (C=O) groups is 3. The maximum absolute atomic E-state index is 13.1. The van der Waals surface area contributed by atoms with Gasteiger partial charge in [0.1, 0.15) is 5.54 Å². The highest BCUT2D eigenvalue weighted by Crippen LogP contribution is 2.38. The van der Waals surface area contributed by atoms with Crippen LogP contribution in [-0.4, -0.2) is 55.4 Å². The lowest BCUT2D eigenvalue weighted by Crippen LogP contribution is -2.54. The van der Waals surface area contributed by atoms with E-state index in [1.54, 1.807) is 25.1 Å². The summed E-state index contributed by atoms with van der Waals surface area (Å²) in [6.45, 7) is 3.62. The molecule has 30 heavy (non-hydrogen) atoms. The Kier molecular flexibility index (Phi) is 5.12. The van der Waals surface area contributed by atoms with Crippen LogP contribution in [0.5, 0.6) is 0 Å². The SMILES string of the molecule is CCS(=O)(=O)N1CCc2cc(C(=O)CN3C(=O)N[C@@]4(CCCC[C@H]4C)C3=O)ccc21. The maximum Gasteiger partial charge on any atom is 0.325 e. The van der Waals surface area contributed by atoms with Gasteiger partial charge in [-0.3, -0.25) is 18.8 Å². The van der Waals surface area contributed by atoms with Crippen molar-refractivity contribution in [3.05, 3.63) is 29.3 Å². The third-order valence-corrected chi connectivity index (χ3v) is 8.54. The summed E-state index contributed by atoms with van der Waals surface area (Å²) in [5.74, 6) is -0.596. The van der Waals surface area contributed by atoms with Crippen molar-refractivity contribution >= 4 is 33.4 Å². The van der Waals surface area contributed by atoms with Gasteiger partial charge in [0, 0.05) is 12.1 Å². The summed E-state index contributed by atoms with van der Waals surface area (Å²) in [6, 6.07) is 4.38. The molecule has 8 nitrogen and oxygen atoms in total. The fourth-order valence-electron chi connectivity index (χ4n) is 4.86. The van der Waals surface area contributed by atoms with Crippen molar-refractivity contribution in [3.8, 4) is 0 Å². The number of sulfonamides is 1. The molecule has 0 bridgehead atoms. The zero-order valence-electron chi connectivity index (χ0n) is 17.3. The first-order valence-electron chi connectivity index (χ1n) is 10.5. The summed E-state index contributed by atoms with van der Waals surface area (Å²) in [5, 5.41) is 2.86. The quantitative estimate of drug-likeness (QED) is 0.566. The van der Waals surface area contributed by atoms with E-state index in [-0.39, 0.29) is 29.9 Å². The van der Waals surface area contributed by atoms with Crippen molar-refractivity contribution in [2.45, 2.75) is 51.5 Å². The second-order valence-electron chi connectivity index (χ2n) is 8.43. The number of nitrogens with one attached hydrogen (secondary N) is 1. The zero-order chi connectivity index (χ0) is 21.7. The highest BCUT2D eigenvalue weighted by Gasteiger charge is 2.55. The minimum absolute atomic E-state index is 0.0134. The second kappa shape index (κ2) is 7.37. The number of hydrogen-bond acceptors (Lipinski definition) is 5. The third-order valence-electron chi connectivity index (χ3n) is 6.76. The monoisotopic (exact) mass is 433 g/mol. The minimum atomic E-state index is -3.36. The normalized spacial score (nSPS) is 26.3. The predicted molar refractivity (Wildman–Crippen MR) is 112 cm³/mol. The number of urea groups is 1. The van der Waals surface area contributed by atoms with E-state index in [4.69, 9.17) is 0 Å². The van der Waals surface area contributed by atoms with E-state index >= 15 is 0 Å². The molecule has 0 aromatic heterocycles. The van der Waals surface area contributed by atoms with Gasteiger partial charge in [-0.25, -0.2) is 13.2 Å². The molecule has 1 saturated carbocycles. The molecule has 0 unspecified atom stereocenters. The Morgan fingerprint density at radius 1 is 1.27 bits per heavy atom. The third kappa shape index (κ3) is 3.19. The number of Topliss-reactive ketones (excluding diaryl/α,β-unsaturated/α-hetero) is 1. The number of nitrogens with zero attached hydrogens (tertiary/aromatic N) is 2. The van der Waals surface area contributed by atoms with Gasteiger partial charge in [-0.05, 0) is 55.9 Å². The largest absolute Gasteiger partial charge is 0.325 e. The van der Waals surface area contributed by atoms with Crippen molar-refractivity contribution in [1.29, 1.82) is 0 Å². The summed E-state index contributed by atoms with van der Waals surface area (Å²) in [6.07, 6.45) is 3.91. The van der Waals surface area contributed by atoms with Gasteiger partial charge in [-0.2, -0.15) is 0 Å². The Bertz CT molecular complexity index is 1020. The summed E-state index contributed by atoms with van der Waals surface area (Å²) < 4.78 is 25.8. The van der Waals surface area contributed by atoms with Crippen LogP contribution in [0, 0.1) is 5.92 Å². The lowest BCUT2D eigenvalue weighted by molar-refractivity contribution is -0.133. The number of rotatable bonds is 5. The number of anilines is 1. The van der Waals surface area contributed by atoms with E-state index < -0.39 is 21.6 Å². The number of imide groups is 1. The van der Waals surface area contributed by atoms with Gasteiger partial charge in [0.05, 0.1) is 18.0 Å². The molecule has 4 rings (SSSR count). The van der Waals surface area contributed by atoms with Gasteiger partial charge in [0.25, 0.3) is 5.91 Å². The summed E-state index contributed by atoms with van der Waals surface area (Å²) in [4.78, 5) is 39.5. The van der Waals surface area contributed by atoms with Crippen molar-refractivity contribution in [1.82, 2.24) is 10.2 Å². The predicted octanol–water partition coefficient (Wildman–Crippen LogP) is 2.08.